The van der Waals surface area contributed by atoms with E-state index in [1.54, 1.807) is 11.1 Å². The maximum atomic E-state index is 14.0. The van der Waals surface area contributed by atoms with Crippen molar-refractivity contribution in [1.82, 2.24) is 14.7 Å². The van der Waals surface area contributed by atoms with Gasteiger partial charge in [-0.05, 0) is 37.1 Å². The topological polar surface area (TPSA) is 75.4 Å². The number of aryl methyl sites for hydroxylation is 1. The van der Waals surface area contributed by atoms with Crippen LogP contribution in [0.1, 0.15) is 45.2 Å². The van der Waals surface area contributed by atoms with Gasteiger partial charge in [0.15, 0.2) is 0 Å². The van der Waals surface area contributed by atoms with Crippen LogP contribution in [0.3, 0.4) is 0 Å². The van der Waals surface area contributed by atoms with Gasteiger partial charge < -0.3 is 10.0 Å². The molecule has 0 radical (unpaired) electrons. The summed E-state index contributed by atoms with van der Waals surface area (Å²) in [6, 6.07) is 5.36. The Hall–Kier alpha value is -2.70. The molecule has 126 valence electrons. The van der Waals surface area contributed by atoms with E-state index < -0.39 is 17.7 Å². The van der Waals surface area contributed by atoms with Crippen LogP contribution in [-0.4, -0.2) is 44.8 Å². The zero-order valence-corrected chi connectivity index (χ0v) is 13.3. The number of nitrogens with zero attached hydrogens (tertiary/aromatic N) is 3. The number of carbonyl (C=O) groups excluding carboxylic acids is 1. The molecule has 1 N–H and O–H groups in total. The third kappa shape index (κ3) is 3.02. The molecule has 0 bridgehead atoms. The second kappa shape index (κ2) is 6.43. The van der Waals surface area contributed by atoms with Crippen molar-refractivity contribution < 1.29 is 19.1 Å². The van der Waals surface area contributed by atoms with Crippen molar-refractivity contribution in [1.29, 1.82) is 0 Å². The van der Waals surface area contributed by atoms with E-state index in [2.05, 4.69) is 5.10 Å². The Bertz CT molecular complexity index is 779. The van der Waals surface area contributed by atoms with Gasteiger partial charge in [-0.2, -0.15) is 5.10 Å². The first-order valence-corrected chi connectivity index (χ1v) is 7.77. The van der Waals surface area contributed by atoms with E-state index in [-0.39, 0.29) is 11.1 Å². The normalized spacial score (nSPS) is 15.5. The molecule has 1 fully saturated rings. The number of likely N-dealkylation sites (tertiary alicyclic amines) is 1. The van der Waals surface area contributed by atoms with E-state index >= 15 is 0 Å². The summed E-state index contributed by atoms with van der Waals surface area (Å²) in [4.78, 5) is 24.9. The Balaban J connectivity index is 1.69. The summed E-state index contributed by atoms with van der Waals surface area (Å²) in [6.45, 7) is 1.07. The maximum absolute atomic E-state index is 14.0. The largest absolute Gasteiger partial charge is 0.478 e. The first-order chi connectivity index (χ1) is 11.5. The van der Waals surface area contributed by atoms with Crippen LogP contribution < -0.4 is 0 Å². The zero-order valence-electron chi connectivity index (χ0n) is 13.3. The van der Waals surface area contributed by atoms with E-state index in [1.807, 2.05) is 17.8 Å². The van der Waals surface area contributed by atoms with Gasteiger partial charge in [0.1, 0.15) is 5.82 Å². The lowest BCUT2D eigenvalue weighted by Crippen LogP contribution is -2.38. The number of carboxylic acids is 1. The lowest BCUT2D eigenvalue weighted by Gasteiger charge is -2.32. The number of aromatic carboxylic acids is 1. The Morgan fingerprint density at radius 1 is 1.25 bits per heavy atom. The van der Waals surface area contributed by atoms with E-state index in [0.717, 1.165) is 24.6 Å². The van der Waals surface area contributed by atoms with Gasteiger partial charge in [-0.1, -0.05) is 0 Å². The summed E-state index contributed by atoms with van der Waals surface area (Å²) >= 11 is 0. The van der Waals surface area contributed by atoms with Crippen LogP contribution in [0.15, 0.2) is 30.5 Å². The number of halogens is 1. The Morgan fingerprint density at radius 3 is 2.50 bits per heavy atom. The fourth-order valence-electron chi connectivity index (χ4n) is 3.15. The van der Waals surface area contributed by atoms with Crippen LogP contribution in [0.5, 0.6) is 0 Å². The van der Waals surface area contributed by atoms with Crippen molar-refractivity contribution in [2.24, 2.45) is 7.05 Å². The smallest absolute Gasteiger partial charge is 0.335 e. The number of hydrogen-bond acceptors (Lipinski definition) is 3. The van der Waals surface area contributed by atoms with Gasteiger partial charge in [0.25, 0.3) is 5.91 Å². The van der Waals surface area contributed by atoms with Crippen LogP contribution in [0, 0.1) is 5.82 Å². The molecule has 2 aromatic rings. The van der Waals surface area contributed by atoms with Crippen molar-refractivity contribution in [2.45, 2.75) is 18.8 Å². The van der Waals surface area contributed by atoms with Crippen LogP contribution in [0.25, 0.3) is 0 Å². The Morgan fingerprint density at radius 2 is 1.96 bits per heavy atom. The Labute approximate surface area is 138 Å². The van der Waals surface area contributed by atoms with Crippen LogP contribution >= 0.6 is 0 Å². The molecule has 1 amide bonds. The van der Waals surface area contributed by atoms with Crippen molar-refractivity contribution in [3.63, 3.8) is 0 Å². The standard InChI is InChI=1S/C17H18FN3O3/c1-20-15(4-7-19-20)11-5-8-21(9-6-11)16(22)13-3-2-12(17(23)24)10-14(13)18/h2-4,7,10-11H,5-6,8-9H2,1H3,(H,23,24). The molecule has 7 heteroatoms. The molecule has 0 aliphatic carbocycles. The molecular weight excluding hydrogens is 313 g/mol. The van der Waals surface area contributed by atoms with Gasteiger partial charge in [-0.3, -0.25) is 9.48 Å². The predicted octanol–water partition coefficient (Wildman–Crippen LogP) is 2.28. The highest BCUT2D eigenvalue weighted by Crippen LogP contribution is 2.28. The quantitative estimate of drug-likeness (QED) is 0.936. The summed E-state index contributed by atoms with van der Waals surface area (Å²) in [5.74, 6) is -2.08. The second-order valence-electron chi connectivity index (χ2n) is 5.95. The molecule has 1 aliphatic heterocycles. The lowest BCUT2D eigenvalue weighted by atomic mass is 9.93. The minimum Gasteiger partial charge on any atom is -0.478 e. The van der Waals surface area contributed by atoms with E-state index in [9.17, 15) is 14.0 Å². The maximum Gasteiger partial charge on any atom is 0.335 e. The van der Waals surface area contributed by atoms with Crippen LogP contribution in [0.4, 0.5) is 4.39 Å². The number of piperidine rings is 1. The van der Waals surface area contributed by atoms with Gasteiger partial charge in [-0.25, -0.2) is 9.18 Å². The average molecular weight is 331 g/mol. The second-order valence-corrected chi connectivity index (χ2v) is 5.95. The highest BCUT2D eigenvalue weighted by molar-refractivity contribution is 5.96. The fourth-order valence-corrected chi connectivity index (χ4v) is 3.15. The van der Waals surface area contributed by atoms with Crippen molar-refractivity contribution in [2.75, 3.05) is 13.1 Å². The lowest BCUT2D eigenvalue weighted by molar-refractivity contribution is 0.0685. The highest BCUT2D eigenvalue weighted by Gasteiger charge is 2.27. The predicted molar refractivity (Wildman–Crippen MR) is 84.4 cm³/mol. The summed E-state index contributed by atoms with van der Waals surface area (Å²) in [5.41, 5.74) is 0.886. The Kier molecular flexibility index (Phi) is 4.33. The molecular formula is C17H18FN3O3. The van der Waals surface area contributed by atoms with Crippen molar-refractivity contribution >= 4 is 11.9 Å². The first kappa shape index (κ1) is 16.2. The third-order valence-corrected chi connectivity index (χ3v) is 4.51. The van der Waals surface area contributed by atoms with E-state index in [0.29, 0.717) is 19.0 Å². The minimum atomic E-state index is -1.22. The number of carboxylic acid groups (broad SMARTS) is 1. The van der Waals surface area contributed by atoms with Gasteiger partial charge >= 0.3 is 5.97 Å². The molecule has 0 unspecified atom stereocenters. The molecule has 0 spiro atoms. The number of carbonyl (C=O) groups is 2. The van der Waals surface area contributed by atoms with Crippen LogP contribution in [0.2, 0.25) is 0 Å². The number of aromatic nitrogens is 2. The minimum absolute atomic E-state index is 0.0843. The monoisotopic (exact) mass is 331 g/mol. The van der Waals surface area contributed by atoms with Gasteiger partial charge in [0, 0.05) is 37.9 Å². The molecule has 0 saturated carbocycles. The SMILES string of the molecule is Cn1nccc1C1CCN(C(=O)c2ccc(C(=O)O)cc2F)CC1. The van der Waals surface area contributed by atoms with E-state index in [1.165, 1.54) is 12.1 Å². The highest BCUT2D eigenvalue weighted by atomic mass is 19.1. The number of hydrogen-bond donors (Lipinski definition) is 1. The molecule has 0 atom stereocenters. The summed E-state index contributed by atoms with van der Waals surface area (Å²) in [7, 11) is 1.90. The fraction of sp³-hybridized carbons (Fsp3) is 0.353. The van der Waals surface area contributed by atoms with Crippen molar-refractivity contribution in [3.05, 3.63) is 53.1 Å². The summed E-state index contributed by atoms with van der Waals surface area (Å²) < 4.78 is 15.9. The first-order valence-electron chi connectivity index (χ1n) is 7.77. The number of amides is 1. The molecule has 1 aromatic carbocycles. The van der Waals surface area contributed by atoms with Gasteiger partial charge in [-0.15, -0.1) is 0 Å². The zero-order chi connectivity index (χ0) is 17.3. The molecule has 6 nitrogen and oxygen atoms in total. The molecule has 2 heterocycles. The van der Waals surface area contributed by atoms with Crippen molar-refractivity contribution in [3.8, 4) is 0 Å². The summed E-state index contributed by atoms with van der Waals surface area (Å²) in [5, 5.41) is 13.0. The van der Waals surface area contributed by atoms with Gasteiger partial charge in [0.05, 0.1) is 11.1 Å². The molecule has 3 rings (SSSR count). The number of rotatable bonds is 3. The van der Waals surface area contributed by atoms with E-state index in [4.69, 9.17) is 5.11 Å². The summed E-state index contributed by atoms with van der Waals surface area (Å²) in [6.07, 6.45) is 3.34. The van der Waals surface area contributed by atoms with Gasteiger partial charge in [0.2, 0.25) is 0 Å². The molecule has 24 heavy (non-hydrogen) atoms. The molecule has 1 aliphatic rings. The average Bonchev–Trinajstić information content (AvgIpc) is 3.00. The molecule has 1 saturated heterocycles. The third-order valence-electron chi connectivity index (χ3n) is 4.51. The molecule has 1 aromatic heterocycles. The number of benzene rings is 1. The van der Waals surface area contributed by atoms with Crippen LogP contribution in [-0.2, 0) is 7.05 Å².